The van der Waals surface area contributed by atoms with Gasteiger partial charge in [-0.2, -0.15) is 0 Å². The Bertz CT molecular complexity index is 1090. The average molecular weight is 482 g/mol. The smallest absolute Gasteiger partial charge is 0.303 e. The summed E-state index contributed by atoms with van der Waals surface area (Å²) >= 11 is 1.63. The number of ether oxygens (including phenoxy) is 2. The fourth-order valence-corrected chi connectivity index (χ4v) is 4.30. The van der Waals surface area contributed by atoms with Gasteiger partial charge in [-0.15, -0.1) is 11.3 Å². The molecule has 0 aliphatic carbocycles. The molecule has 3 rings (SSSR count). The van der Waals surface area contributed by atoms with Crippen molar-refractivity contribution in [3.63, 3.8) is 0 Å². The molecule has 0 aliphatic heterocycles. The number of carbonyl (C=O) groups excluding carboxylic acids is 1. The lowest BCUT2D eigenvalue weighted by atomic mass is 10.0. The van der Waals surface area contributed by atoms with Crippen LogP contribution in [0.3, 0.4) is 0 Å². The highest BCUT2D eigenvalue weighted by molar-refractivity contribution is 7.10. The van der Waals surface area contributed by atoms with Gasteiger partial charge in [0.15, 0.2) is 5.78 Å². The Morgan fingerprint density at radius 2 is 1.88 bits per heavy atom. The molecule has 0 bridgehead atoms. The van der Waals surface area contributed by atoms with E-state index in [0.717, 1.165) is 45.9 Å². The van der Waals surface area contributed by atoms with Crippen LogP contribution in [0, 0.1) is 0 Å². The van der Waals surface area contributed by atoms with Crippen molar-refractivity contribution in [1.82, 2.24) is 5.32 Å². The molecule has 2 N–H and O–H groups in total. The number of methoxy groups -OCH3 is 1. The summed E-state index contributed by atoms with van der Waals surface area (Å²) in [5, 5.41) is 14.3. The monoisotopic (exact) mass is 481 g/mol. The minimum atomic E-state index is -0.807. The van der Waals surface area contributed by atoms with Crippen LogP contribution in [-0.4, -0.2) is 37.1 Å². The molecule has 1 heterocycles. The number of carbonyl (C=O) groups is 2. The van der Waals surface area contributed by atoms with E-state index in [1.54, 1.807) is 42.7 Å². The lowest BCUT2D eigenvalue weighted by Crippen LogP contribution is -2.22. The van der Waals surface area contributed by atoms with Gasteiger partial charge in [-0.1, -0.05) is 25.5 Å². The Morgan fingerprint density at radius 3 is 2.59 bits per heavy atom. The van der Waals surface area contributed by atoms with E-state index in [1.165, 1.54) is 0 Å². The van der Waals surface area contributed by atoms with Gasteiger partial charge in [-0.25, -0.2) is 0 Å². The zero-order valence-electron chi connectivity index (χ0n) is 19.6. The standard InChI is InChI=1S/C27H31NO5S/c1-3-4-13-33-26-14-19(6-12-27(30)31)5-11-24(26)21-15-23(34-18-21)16-28-17-25(29)20-7-9-22(32-2)10-8-20/h5,7-11,14-15,18,28H,3-4,6,12-13,16-17H2,1-2H3,(H,30,31). The highest BCUT2D eigenvalue weighted by Gasteiger charge is 2.12. The number of thiophene rings is 1. The number of aryl methyl sites for hydroxylation is 1. The number of carboxylic acids is 1. The number of hydrogen-bond donors (Lipinski definition) is 2. The van der Waals surface area contributed by atoms with Crippen LogP contribution >= 0.6 is 11.3 Å². The second-order valence-electron chi connectivity index (χ2n) is 7.98. The van der Waals surface area contributed by atoms with Crippen LogP contribution in [0.1, 0.15) is 47.0 Å². The number of unbranched alkanes of at least 4 members (excludes halogenated alkanes) is 1. The number of rotatable bonds is 14. The third-order valence-electron chi connectivity index (χ3n) is 5.39. The maximum absolute atomic E-state index is 12.4. The fourth-order valence-electron chi connectivity index (χ4n) is 3.45. The Hall–Kier alpha value is -3.16. The number of hydrogen-bond acceptors (Lipinski definition) is 6. The van der Waals surface area contributed by atoms with E-state index in [0.29, 0.717) is 25.1 Å². The van der Waals surface area contributed by atoms with E-state index in [-0.39, 0.29) is 18.7 Å². The first-order valence-electron chi connectivity index (χ1n) is 11.4. The fraction of sp³-hybridized carbons (Fsp3) is 0.333. The van der Waals surface area contributed by atoms with Gasteiger partial charge < -0.3 is 19.9 Å². The molecule has 0 aliphatic rings. The van der Waals surface area contributed by atoms with E-state index in [9.17, 15) is 9.59 Å². The summed E-state index contributed by atoms with van der Waals surface area (Å²) in [5.74, 6) is 0.730. The summed E-state index contributed by atoms with van der Waals surface area (Å²) < 4.78 is 11.2. The maximum atomic E-state index is 12.4. The zero-order valence-corrected chi connectivity index (χ0v) is 20.5. The minimum Gasteiger partial charge on any atom is -0.497 e. The molecule has 1 aromatic heterocycles. The Morgan fingerprint density at radius 1 is 1.09 bits per heavy atom. The predicted molar refractivity (Wildman–Crippen MR) is 135 cm³/mol. The van der Waals surface area contributed by atoms with E-state index >= 15 is 0 Å². The van der Waals surface area contributed by atoms with Crippen LogP contribution in [0.2, 0.25) is 0 Å². The summed E-state index contributed by atoms with van der Waals surface area (Å²) in [5.41, 5.74) is 3.65. The molecule has 0 fully saturated rings. The average Bonchev–Trinajstić information content (AvgIpc) is 3.31. The number of ketones is 1. The first kappa shape index (κ1) is 25.5. The van der Waals surface area contributed by atoms with Crippen molar-refractivity contribution in [2.75, 3.05) is 20.3 Å². The van der Waals surface area contributed by atoms with Gasteiger partial charge in [0, 0.05) is 29.0 Å². The Kier molecular flexibility index (Phi) is 9.67. The van der Waals surface area contributed by atoms with Crippen molar-refractivity contribution in [3.05, 3.63) is 69.9 Å². The van der Waals surface area contributed by atoms with Crippen molar-refractivity contribution in [2.45, 2.75) is 39.2 Å². The normalized spacial score (nSPS) is 10.8. The highest BCUT2D eigenvalue weighted by atomic mass is 32.1. The van der Waals surface area contributed by atoms with Gasteiger partial charge in [-0.3, -0.25) is 9.59 Å². The molecule has 0 unspecified atom stereocenters. The summed E-state index contributed by atoms with van der Waals surface area (Å²) in [7, 11) is 1.60. The maximum Gasteiger partial charge on any atom is 0.303 e. The van der Waals surface area contributed by atoms with Gasteiger partial charge in [0.05, 0.1) is 20.3 Å². The van der Waals surface area contributed by atoms with Crippen LogP contribution in [0.5, 0.6) is 11.5 Å². The minimum absolute atomic E-state index is 0.0305. The van der Waals surface area contributed by atoms with Gasteiger partial charge in [0.2, 0.25) is 0 Å². The molecule has 0 saturated heterocycles. The van der Waals surface area contributed by atoms with Crippen molar-refractivity contribution in [3.8, 4) is 22.6 Å². The van der Waals surface area contributed by atoms with E-state index in [2.05, 4.69) is 23.7 Å². The van der Waals surface area contributed by atoms with E-state index < -0.39 is 5.97 Å². The molecule has 34 heavy (non-hydrogen) atoms. The number of aliphatic carboxylic acids is 1. The quantitative estimate of drug-likeness (QED) is 0.231. The van der Waals surface area contributed by atoms with E-state index in [4.69, 9.17) is 14.6 Å². The molecule has 2 aromatic carbocycles. The van der Waals surface area contributed by atoms with Crippen LogP contribution in [-0.2, 0) is 17.8 Å². The topological polar surface area (TPSA) is 84.9 Å². The Balaban J connectivity index is 1.63. The number of nitrogens with one attached hydrogen (secondary N) is 1. The second-order valence-corrected chi connectivity index (χ2v) is 8.98. The van der Waals surface area contributed by atoms with Crippen LogP contribution < -0.4 is 14.8 Å². The third-order valence-corrected chi connectivity index (χ3v) is 6.33. The van der Waals surface area contributed by atoms with Crippen LogP contribution in [0.25, 0.3) is 11.1 Å². The molecular formula is C27H31NO5S. The van der Waals surface area contributed by atoms with Gasteiger partial charge >= 0.3 is 5.97 Å². The van der Waals surface area contributed by atoms with Crippen molar-refractivity contribution >= 4 is 23.1 Å². The summed E-state index contributed by atoms with van der Waals surface area (Å²) in [6, 6.07) is 15.1. The second kappa shape index (κ2) is 12.9. The molecule has 6 nitrogen and oxygen atoms in total. The summed E-state index contributed by atoms with van der Waals surface area (Å²) in [6.07, 6.45) is 2.56. The summed E-state index contributed by atoms with van der Waals surface area (Å²) in [4.78, 5) is 24.5. The van der Waals surface area contributed by atoms with Crippen LogP contribution in [0.15, 0.2) is 53.9 Å². The predicted octanol–water partition coefficient (Wildman–Crippen LogP) is 5.59. The molecule has 0 spiro atoms. The van der Waals surface area contributed by atoms with Crippen molar-refractivity contribution in [2.24, 2.45) is 0 Å². The highest BCUT2D eigenvalue weighted by Crippen LogP contribution is 2.34. The summed E-state index contributed by atoms with van der Waals surface area (Å²) in [6.45, 7) is 3.58. The molecule has 0 radical (unpaired) electrons. The molecule has 0 amide bonds. The number of Topliss-reactive ketones (excluding diaryl/α,β-unsaturated/α-hetero) is 1. The molecule has 0 atom stereocenters. The van der Waals surface area contributed by atoms with E-state index in [1.807, 2.05) is 18.2 Å². The third kappa shape index (κ3) is 7.43. The first-order chi connectivity index (χ1) is 16.5. The van der Waals surface area contributed by atoms with Gasteiger partial charge in [0.25, 0.3) is 0 Å². The Labute approximate surface area is 204 Å². The molecule has 7 heteroatoms. The lowest BCUT2D eigenvalue weighted by molar-refractivity contribution is -0.136. The van der Waals surface area contributed by atoms with Gasteiger partial charge in [0.1, 0.15) is 11.5 Å². The lowest BCUT2D eigenvalue weighted by Gasteiger charge is -2.12. The van der Waals surface area contributed by atoms with Gasteiger partial charge in [-0.05, 0) is 65.7 Å². The molecule has 3 aromatic rings. The number of carboxylic acid groups (broad SMARTS) is 1. The number of benzene rings is 2. The van der Waals surface area contributed by atoms with Crippen molar-refractivity contribution < 1.29 is 24.2 Å². The largest absolute Gasteiger partial charge is 0.497 e. The van der Waals surface area contributed by atoms with Crippen molar-refractivity contribution in [1.29, 1.82) is 0 Å². The molecule has 0 saturated carbocycles. The van der Waals surface area contributed by atoms with Crippen LogP contribution in [0.4, 0.5) is 0 Å². The first-order valence-corrected chi connectivity index (χ1v) is 12.3. The molecule has 180 valence electrons. The zero-order chi connectivity index (χ0) is 24.3. The molecular weight excluding hydrogens is 450 g/mol. The SMILES string of the molecule is CCCCOc1cc(CCC(=O)O)ccc1-c1csc(CNCC(=O)c2ccc(OC)cc2)c1.